The third-order valence-electron chi connectivity index (χ3n) is 2.07. The highest BCUT2D eigenvalue weighted by Gasteiger charge is 2.35. The first-order valence-electron chi connectivity index (χ1n) is 5.09. The smallest absolute Gasteiger partial charge is 0.408 e. The van der Waals surface area contributed by atoms with Crippen LogP contribution in [0.1, 0.15) is 20.8 Å². The van der Waals surface area contributed by atoms with E-state index in [2.05, 4.69) is 5.32 Å². The molecular weight excluding hydrogens is 214 g/mol. The lowest BCUT2D eigenvalue weighted by atomic mass is 9.98. The van der Waals surface area contributed by atoms with Gasteiger partial charge in [0, 0.05) is 5.92 Å². The molecule has 2 N–H and O–H groups in total. The zero-order chi connectivity index (χ0) is 12.3. The van der Waals surface area contributed by atoms with E-state index in [9.17, 15) is 9.59 Å². The predicted octanol–water partition coefficient (Wildman–Crippen LogP) is 0.611. The van der Waals surface area contributed by atoms with Gasteiger partial charge in [-0.1, -0.05) is 0 Å². The molecule has 0 aromatic heterocycles. The highest BCUT2D eigenvalue weighted by molar-refractivity contribution is 5.80. The van der Waals surface area contributed by atoms with Crippen LogP contribution >= 0.6 is 0 Å². The van der Waals surface area contributed by atoms with Crippen molar-refractivity contribution in [3.63, 3.8) is 0 Å². The lowest BCUT2D eigenvalue weighted by Gasteiger charge is -2.32. The van der Waals surface area contributed by atoms with Crippen molar-refractivity contribution in [1.29, 1.82) is 0 Å². The van der Waals surface area contributed by atoms with Crippen LogP contribution in [-0.4, -0.2) is 42.0 Å². The lowest BCUT2D eigenvalue weighted by Crippen LogP contribution is -2.53. The molecular formula is C10H17NO5. The van der Waals surface area contributed by atoms with Gasteiger partial charge in [0.05, 0.1) is 13.2 Å². The molecule has 0 bridgehead atoms. The molecule has 0 aromatic rings. The maximum absolute atomic E-state index is 11.4. The van der Waals surface area contributed by atoms with Gasteiger partial charge in [0.15, 0.2) is 0 Å². The number of carboxylic acids is 1. The summed E-state index contributed by atoms with van der Waals surface area (Å²) in [7, 11) is 0. The molecule has 1 aliphatic heterocycles. The Labute approximate surface area is 93.9 Å². The fourth-order valence-electron chi connectivity index (χ4n) is 1.26. The SMILES string of the molecule is CC(C)(C)OC(=O)N[C@@H](C(=O)O)C1COC1. The number of carbonyl (C=O) groups is 2. The lowest BCUT2D eigenvalue weighted by molar-refractivity contribution is -0.147. The quantitative estimate of drug-likeness (QED) is 0.743. The molecule has 6 nitrogen and oxygen atoms in total. The Bertz CT molecular complexity index is 279. The summed E-state index contributed by atoms with van der Waals surface area (Å²) in [5.74, 6) is -1.25. The monoisotopic (exact) mass is 231 g/mol. The first-order valence-corrected chi connectivity index (χ1v) is 5.09. The van der Waals surface area contributed by atoms with Crippen LogP contribution in [0.25, 0.3) is 0 Å². The van der Waals surface area contributed by atoms with Crippen molar-refractivity contribution in [3.05, 3.63) is 0 Å². The number of ether oxygens (including phenoxy) is 2. The molecule has 0 spiro atoms. The van der Waals surface area contributed by atoms with Gasteiger partial charge in [0.2, 0.25) is 0 Å². The largest absolute Gasteiger partial charge is 0.480 e. The van der Waals surface area contributed by atoms with Gasteiger partial charge in [-0.15, -0.1) is 0 Å². The Morgan fingerprint density at radius 3 is 2.31 bits per heavy atom. The van der Waals surface area contributed by atoms with Gasteiger partial charge in [0.1, 0.15) is 11.6 Å². The van der Waals surface area contributed by atoms with Crippen LogP contribution in [0, 0.1) is 5.92 Å². The van der Waals surface area contributed by atoms with Crippen LogP contribution in [0.2, 0.25) is 0 Å². The van der Waals surface area contributed by atoms with E-state index in [0.717, 1.165) is 0 Å². The van der Waals surface area contributed by atoms with Gasteiger partial charge in [-0.25, -0.2) is 9.59 Å². The van der Waals surface area contributed by atoms with Gasteiger partial charge in [-0.05, 0) is 20.8 Å². The van der Waals surface area contributed by atoms with E-state index >= 15 is 0 Å². The Kier molecular flexibility index (Phi) is 3.74. The molecule has 0 unspecified atom stereocenters. The number of carboxylic acid groups (broad SMARTS) is 1. The number of rotatable bonds is 3. The molecule has 0 aromatic carbocycles. The second-order valence-electron chi connectivity index (χ2n) is 4.76. The third-order valence-corrected chi connectivity index (χ3v) is 2.07. The second-order valence-corrected chi connectivity index (χ2v) is 4.76. The van der Waals surface area contributed by atoms with E-state index in [0.29, 0.717) is 13.2 Å². The van der Waals surface area contributed by atoms with Gasteiger partial charge >= 0.3 is 12.1 Å². The highest BCUT2D eigenvalue weighted by atomic mass is 16.6. The number of carbonyl (C=O) groups excluding carboxylic acids is 1. The minimum absolute atomic E-state index is 0.176. The molecule has 1 fully saturated rings. The summed E-state index contributed by atoms with van der Waals surface area (Å²) < 4.78 is 9.88. The Balaban J connectivity index is 2.48. The summed E-state index contributed by atoms with van der Waals surface area (Å²) in [4.78, 5) is 22.3. The van der Waals surface area contributed by atoms with Crippen LogP contribution < -0.4 is 5.32 Å². The molecule has 1 saturated heterocycles. The summed E-state index contributed by atoms with van der Waals surface area (Å²) in [6, 6.07) is -0.941. The maximum Gasteiger partial charge on any atom is 0.408 e. The van der Waals surface area contributed by atoms with Crippen LogP contribution in [0.5, 0.6) is 0 Å². The number of amides is 1. The van der Waals surface area contributed by atoms with Gasteiger partial charge in [-0.3, -0.25) is 0 Å². The fraction of sp³-hybridized carbons (Fsp3) is 0.800. The van der Waals surface area contributed by atoms with E-state index < -0.39 is 23.7 Å². The van der Waals surface area contributed by atoms with Crippen molar-refractivity contribution in [1.82, 2.24) is 5.32 Å². The average molecular weight is 231 g/mol. The van der Waals surface area contributed by atoms with E-state index in [1.54, 1.807) is 20.8 Å². The van der Waals surface area contributed by atoms with Crippen molar-refractivity contribution in [2.75, 3.05) is 13.2 Å². The summed E-state index contributed by atoms with van der Waals surface area (Å²) >= 11 is 0. The van der Waals surface area contributed by atoms with Gasteiger partial charge in [0.25, 0.3) is 0 Å². The highest BCUT2D eigenvalue weighted by Crippen LogP contribution is 2.16. The van der Waals surface area contributed by atoms with Gasteiger partial charge < -0.3 is 19.9 Å². The molecule has 1 aliphatic rings. The van der Waals surface area contributed by atoms with Crippen LogP contribution in [0.3, 0.4) is 0 Å². The number of hydrogen-bond acceptors (Lipinski definition) is 4. The van der Waals surface area contributed by atoms with E-state index in [1.165, 1.54) is 0 Å². The Hall–Kier alpha value is -1.30. The minimum atomic E-state index is -1.07. The molecule has 92 valence electrons. The molecule has 0 radical (unpaired) electrons. The van der Waals surface area contributed by atoms with Crippen molar-refractivity contribution >= 4 is 12.1 Å². The topological polar surface area (TPSA) is 84.9 Å². The minimum Gasteiger partial charge on any atom is -0.480 e. The maximum atomic E-state index is 11.4. The Morgan fingerprint density at radius 2 is 2.00 bits per heavy atom. The zero-order valence-electron chi connectivity index (χ0n) is 9.65. The number of hydrogen-bond donors (Lipinski definition) is 2. The molecule has 0 aliphatic carbocycles. The van der Waals surface area contributed by atoms with E-state index in [4.69, 9.17) is 14.6 Å². The number of aliphatic carboxylic acids is 1. The fourth-order valence-corrected chi connectivity index (χ4v) is 1.26. The second kappa shape index (κ2) is 4.69. The average Bonchev–Trinajstić information content (AvgIpc) is 1.95. The van der Waals surface area contributed by atoms with Crippen LogP contribution in [0.4, 0.5) is 4.79 Å². The van der Waals surface area contributed by atoms with Crippen molar-refractivity contribution in [2.24, 2.45) is 5.92 Å². The third kappa shape index (κ3) is 3.69. The van der Waals surface area contributed by atoms with Crippen molar-refractivity contribution in [3.8, 4) is 0 Å². The summed E-state index contributed by atoms with van der Waals surface area (Å²) in [5.41, 5.74) is -0.636. The molecule has 1 amide bonds. The predicted molar refractivity (Wildman–Crippen MR) is 55.1 cm³/mol. The van der Waals surface area contributed by atoms with Crippen LogP contribution in [0.15, 0.2) is 0 Å². The summed E-state index contributed by atoms with van der Waals surface area (Å²) in [6.07, 6.45) is -0.716. The molecule has 1 rings (SSSR count). The molecule has 1 atom stereocenters. The Morgan fingerprint density at radius 1 is 1.44 bits per heavy atom. The normalized spacial score (nSPS) is 18.4. The first kappa shape index (κ1) is 12.8. The molecule has 1 heterocycles. The zero-order valence-corrected chi connectivity index (χ0v) is 9.65. The van der Waals surface area contributed by atoms with E-state index in [1.807, 2.05) is 0 Å². The van der Waals surface area contributed by atoms with Crippen molar-refractivity contribution < 1.29 is 24.2 Å². The summed E-state index contributed by atoms with van der Waals surface area (Å²) in [6.45, 7) is 5.86. The summed E-state index contributed by atoms with van der Waals surface area (Å²) in [5, 5.41) is 11.3. The van der Waals surface area contributed by atoms with Gasteiger partial charge in [-0.2, -0.15) is 0 Å². The first-order chi connectivity index (χ1) is 7.29. The van der Waals surface area contributed by atoms with Crippen LogP contribution in [-0.2, 0) is 14.3 Å². The molecule has 6 heteroatoms. The molecule has 0 saturated carbocycles. The standard InChI is InChI=1S/C10H17NO5/c1-10(2,3)16-9(14)11-7(8(12)13)6-4-15-5-6/h6-7H,4-5H2,1-3H3,(H,11,14)(H,12,13)/t7-/m1/s1. The molecule has 16 heavy (non-hydrogen) atoms. The van der Waals surface area contributed by atoms with E-state index in [-0.39, 0.29) is 5.92 Å². The number of alkyl carbamates (subject to hydrolysis) is 1. The van der Waals surface area contributed by atoms with Crippen molar-refractivity contribution in [2.45, 2.75) is 32.4 Å². The number of nitrogens with one attached hydrogen (secondary N) is 1.